The van der Waals surface area contributed by atoms with E-state index in [-0.39, 0.29) is 16.9 Å². The van der Waals surface area contributed by atoms with Crippen molar-refractivity contribution in [3.05, 3.63) is 22.7 Å². The van der Waals surface area contributed by atoms with Crippen molar-refractivity contribution in [1.82, 2.24) is 20.2 Å². The van der Waals surface area contributed by atoms with Crippen LogP contribution in [-0.4, -0.2) is 20.2 Å². The Labute approximate surface area is 66.5 Å². The van der Waals surface area contributed by atoms with Crippen molar-refractivity contribution in [2.75, 3.05) is 5.73 Å². The monoisotopic (exact) mass is 163 g/mol. The molecule has 0 atom stereocenters. The summed E-state index contributed by atoms with van der Waals surface area (Å²) in [6.45, 7) is 0. The molecule has 0 saturated heterocycles. The first-order valence-electron chi connectivity index (χ1n) is 3.24. The topological polar surface area (TPSA) is 97.5 Å². The van der Waals surface area contributed by atoms with Gasteiger partial charge in [-0.15, -0.1) is 0 Å². The van der Waals surface area contributed by atoms with Gasteiger partial charge in [0, 0.05) is 12.4 Å². The van der Waals surface area contributed by atoms with Gasteiger partial charge in [-0.1, -0.05) is 0 Å². The van der Waals surface area contributed by atoms with Gasteiger partial charge in [0.05, 0.1) is 0 Å². The molecule has 12 heavy (non-hydrogen) atoms. The zero-order valence-corrected chi connectivity index (χ0v) is 5.98. The van der Waals surface area contributed by atoms with Gasteiger partial charge in [0.15, 0.2) is 11.3 Å². The highest BCUT2D eigenvalue weighted by Gasteiger charge is 2.03. The lowest BCUT2D eigenvalue weighted by molar-refractivity contribution is 1.00. The Balaban J connectivity index is 3.05. The van der Waals surface area contributed by atoms with Crippen LogP contribution in [0.15, 0.2) is 17.2 Å². The Morgan fingerprint density at radius 1 is 1.25 bits per heavy atom. The van der Waals surface area contributed by atoms with E-state index in [1.165, 1.54) is 12.4 Å². The molecule has 0 aromatic carbocycles. The minimum Gasteiger partial charge on any atom is -0.380 e. The molecule has 0 aliphatic heterocycles. The van der Waals surface area contributed by atoms with Crippen LogP contribution in [0.2, 0.25) is 0 Å². The average molecular weight is 163 g/mol. The van der Waals surface area contributed by atoms with Gasteiger partial charge in [-0.25, -0.2) is 15.1 Å². The molecule has 0 radical (unpaired) electrons. The van der Waals surface area contributed by atoms with Crippen LogP contribution in [0, 0.1) is 0 Å². The van der Waals surface area contributed by atoms with E-state index in [0.717, 1.165) is 0 Å². The van der Waals surface area contributed by atoms with E-state index in [1.54, 1.807) is 0 Å². The van der Waals surface area contributed by atoms with Crippen molar-refractivity contribution in [3.63, 3.8) is 0 Å². The molecular weight excluding hydrogens is 158 g/mol. The van der Waals surface area contributed by atoms with Crippen LogP contribution in [0.4, 0.5) is 5.82 Å². The predicted molar refractivity (Wildman–Crippen MR) is 42.4 cm³/mol. The van der Waals surface area contributed by atoms with Gasteiger partial charge in [-0.3, -0.25) is 4.79 Å². The van der Waals surface area contributed by atoms with Gasteiger partial charge >= 0.3 is 0 Å². The summed E-state index contributed by atoms with van der Waals surface area (Å²) in [5.41, 5.74) is 5.61. The van der Waals surface area contributed by atoms with Crippen LogP contribution in [-0.2, 0) is 0 Å². The lowest BCUT2D eigenvalue weighted by Crippen LogP contribution is -2.12. The summed E-state index contributed by atoms with van der Waals surface area (Å²) >= 11 is 0. The molecule has 2 heterocycles. The smallest absolute Gasteiger partial charge is 0.292 e. The van der Waals surface area contributed by atoms with Crippen LogP contribution < -0.4 is 11.3 Å². The Bertz CT molecular complexity index is 477. The molecule has 0 aliphatic rings. The molecule has 2 aromatic rings. The van der Waals surface area contributed by atoms with E-state index in [0.29, 0.717) is 5.52 Å². The number of nitrogen functional groups attached to an aromatic ring is 1. The van der Waals surface area contributed by atoms with E-state index in [4.69, 9.17) is 5.73 Å². The summed E-state index contributed by atoms with van der Waals surface area (Å²) in [5, 5.41) is 5.75. The largest absolute Gasteiger partial charge is 0.380 e. The van der Waals surface area contributed by atoms with Gasteiger partial charge in [0.1, 0.15) is 5.52 Å². The van der Waals surface area contributed by atoms with Crippen LogP contribution in [0.3, 0.4) is 0 Å². The quantitative estimate of drug-likeness (QED) is 0.535. The summed E-state index contributed by atoms with van der Waals surface area (Å²) in [6, 6.07) is 0. The van der Waals surface area contributed by atoms with Crippen LogP contribution in [0.25, 0.3) is 11.0 Å². The van der Waals surface area contributed by atoms with Gasteiger partial charge < -0.3 is 5.73 Å². The fourth-order valence-corrected chi connectivity index (χ4v) is 0.909. The molecule has 2 aromatic heterocycles. The third-order valence-corrected chi connectivity index (χ3v) is 1.43. The standard InChI is InChI=1S/C6H5N5O/c7-5-3-4(6(12)11-10-5)9-2-1-8-3/h1-2H,(H2,7,10)(H,11,12). The summed E-state index contributed by atoms with van der Waals surface area (Å²) in [5.74, 6) is 0.178. The third kappa shape index (κ3) is 0.815. The number of hydrogen-bond donors (Lipinski definition) is 2. The first kappa shape index (κ1) is 6.71. The van der Waals surface area contributed by atoms with E-state index in [9.17, 15) is 4.79 Å². The first-order chi connectivity index (χ1) is 5.79. The molecule has 6 nitrogen and oxygen atoms in total. The molecular formula is C6H5N5O. The van der Waals surface area contributed by atoms with Crippen LogP contribution in [0.1, 0.15) is 0 Å². The number of aromatic amines is 1. The van der Waals surface area contributed by atoms with Crippen LogP contribution in [0.5, 0.6) is 0 Å². The second kappa shape index (κ2) is 2.26. The summed E-state index contributed by atoms with van der Waals surface area (Å²) in [7, 11) is 0. The van der Waals surface area contributed by atoms with Crippen molar-refractivity contribution in [2.45, 2.75) is 0 Å². The highest BCUT2D eigenvalue weighted by molar-refractivity contribution is 5.81. The summed E-state index contributed by atoms with van der Waals surface area (Å²) < 4.78 is 0. The second-order valence-corrected chi connectivity index (χ2v) is 2.19. The number of nitrogens with one attached hydrogen (secondary N) is 1. The number of anilines is 1. The predicted octanol–water partition coefficient (Wildman–Crippen LogP) is -0.705. The molecule has 0 amide bonds. The lowest BCUT2D eigenvalue weighted by Gasteiger charge is -1.95. The molecule has 2 rings (SSSR count). The fraction of sp³-hybridized carbons (Fsp3) is 0. The number of nitrogens with two attached hydrogens (primary N) is 1. The Morgan fingerprint density at radius 2 is 1.92 bits per heavy atom. The Kier molecular flexibility index (Phi) is 1.26. The fourth-order valence-electron chi connectivity index (χ4n) is 0.909. The van der Waals surface area contributed by atoms with E-state index in [1.807, 2.05) is 0 Å². The molecule has 3 N–H and O–H groups in total. The maximum absolute atomic E-state index is 11.1. The number of H-pyrrole nitrogens is 1. The first-order valence-corrected chi connectivity index (χ1v) is 3.24. The SMILES string of the molecule is Nc1n[nH]c(=O)c2nccnc12. The summed E-state index contributed by atoms with van der Waals surface area (Å²) in [4.78, 5) is 18.7. The number of hydrogen-bond acceptors (Lipinski definition) is 5. The van der Waals surface area contributed by atoms with Gasteiger partial charge in [-0.2, -0.15) is 5.10 Å². The molecule has 0 bridgehead atoms. The van der Waals surface area contributed by atoms with Crippen molar-refractivity contribution in [2.24, 2.45) is 0 Å². The Hall–Kier alpha value is -1.98. The zero-order chi connectivity index (χ0) is 8.55. The molecule has 60 valence electrons. The molecule has 6 heteroatoms. The number of aromatic nitrogens is 4. The molecule has 0 aliphatic carbocycles. The highest BCUT2D eigenvalue weighted by atomic mass is 16.1. The van der Waals surface area contributed by atoms with E-state index in [2.05, 4.69) is 20.2 Å². The maximum Gasteiger partial charge on any atom is 0.292 e. The third-order valence-electron chi connectivity index (χ3n) is 1.43. The lowest BCUT2D eigenvalue weighted by atomic mass is 10.4. The zero-order valence-electron chi connectivity index (χ0n) is 5.98. The average Bonchev–Trinajstić information content (AvgIpc) is 2.12. The van der Waals surface area contributed by atoms with Crippen molar-refractivity contribution in [1.29, 1.82) is 0 Å². The minimum atomic E-state index is -0.382. The second-order valence-electron chi connectivity index (χ2n) is 2.19. The van der Waals surface area contributed by atoms with Crippen molar-refractivity contribution in [3.8, 4) is 0 Å². The molecule has 0 saturated carbocycles. The normalized spacial score (nSPS) is 10.3. The van der Waals surface area contributed by atoms with Crippen molar-refractivity contribution >= 4 is 16.9 Å². The van der Waals surface area contributed by atoms with Crippen molar-refractivity contribution < 1.29 is 0 Å². The van der Waals surface area contributed by atoms with E-state index >= 15 is 0 Å². The minimum absolute atomic E-state index is 0.178. The number of nitrogens with zero attached hydrogens (tertiary/aromatic N) is 3. The van der Waals surface area contributed by atoms with E-state index < -0.39 is 0 Å². The highest BCUT2D eigenvalue weighted by Crippen LogP contribution is 2.06. The van der Waals surface area contributed by atoms with Gasteiger partial charge in [0.2, 0.25) is 0 Å². The molecule has 0 fully saturated rings. The number of fused-ring (bicyclic) bond motifs is 1. The molecule has 0 unspecified atom stereocenters. The molecule has 0 spiro atoms. The maximum atomic E-state index is 11.1. The van der Waals surface area contributed by atoms with Gasteiger partial charge in [-0.05, 0) is 0 Å². The van der Waals surface area contributed by atoms with Crippen LogP contribution >= 0.6 is 0 Å². The number of rotatable bonds is 0. The summed E-state index contributed by atoms with van der Waals surface area (Å²) in [6.07, 6.45) is 2.89. The van der Waals surface area contributed by atoms with Gasteiger partial charge in [0.25, 0.3) is 5.56 Å². The Morgan fingerprint density at radius 3 is 2.58 bits per heavy atom.